The minimum Gasteiger partial charge on any atom is -0.312 e. The molecule has 0 saturated heterocycles. The van der Waals surface area contributed by atoms with Crippen molar-refractivity contribution in [3.05, 3.63) is 0 Å². The smallest absolute Gasteiger partial charge is 0.0946 e. The molecule has 0 aromatic carbocycles. The van der Waals surface area contributed by atoms with Gasteiger partial charge in [0, 0.05) is 12.6 Å². The van der Waals surface area contributed by atoms with E-state index in [-0.39, 0.29) is 0 Å². The van der Waals surface area contributed by atoms with Gasteiger partial charge in [0.25, 0.3) is 0 Å². The molecule has 0 heterocycles. The first-order valence-corrected chi connectivity index (χ1v) is 16.3. The van der Waals surface area contributed by atoms with Gasteiger partial charge in [-0.2, -0.15) is 0 Å². The lowest BCUT2D eigenvalue weighted by Crippen LogP contribution is -2.32. The van der Waals surface area contributed by atoms with Crippen LogP contribution in [0.4, 0.5) is 0 Å². The fraction of sp³-hybridized carbons (Fsp3) is 1.00. The Morgan fingerprint density at radius 2 is 0.743 bits per heavy atom. The fourth-order valence-corrected chi connectivity index (χ4v) is 4.94. The molecule has 0 unspecified atom stereocenters. The predicted octanol–water partition coefficient (Wildman–Crippen LogP) is 10.7. The summed E-state index contributed by atoms with van der Waals surface area (Å²) in [6.45, 7) is 9.12. The van der Waals surface area contributed by atoms with Gasteiger partial charge in [-0.15, -0.1) is 0 Å². The Balaban J connectivity index is 3.84. The normalized spacial score (nSPS) is 11.7. The first kappa shape index (κ1) is 34.9. The molecular formula is C32H67NO2. The minimum absolute atomic E-state index is 0.654. The zero-order valence-electron chi connectivity index (χ0n) is 24.7. The van der Waals surface area contributed by atoms with Crippen LogP contribution in [0.1, 0.15) is 181 Å². The minimum atomic E-state index is 0.654. The van der Waals surface area contributed by atoms with E-state index in [1.165, 1.54) is 154 Å². The molecular weight excluding hydrogens is 430 g/mol. The molecule has 0 aromatic heterocycles. The van der Waals surface area contributed by atoms with Gasteiger partial charge in [0.05, 0.1) is 13.2 Å². The SMILES string of the molecule is CCCCCCCCCCCCC(CCCCCCCCCCCC)NCCOOCCCCC. The Morgan fingerprint density at radius 3 is 1.17 bits per heavy atom. The molecule has 0 saturated carbocycles. The molecule has 3 heteroatoms. The monoisotopic (exact) mass is 498 g/mol. The zero-order chi connectivity index (χ0) is 25.5. The molecule has 0 bridgehead atoms. The summed E-state index contributed by atoms with van der Waals surface area (Å²) in [6.07, 6.45) is 34.6. The summed E-state index contributed by atoms with van der Waals surface area (Å²) >= 11 is 0. The molecule has 212 valence electrons. The summed E-state index contributed by atoms with van der Waals surface area (Å²) in [4.78, 5) is 10.7. The van der Waals surface area contributed by atoms with Crippen molar-refractivity contribution in [2.45, 2.75) is 187 Å². The first-order chi connectivity index (χ1) is 17.3. The van der Waals surface area contributed by atoms with Crippen molar-refractivity contribution in [1.29, 1.82) is 0 Å². The van der Waals surface area contributed by atoms with E-state index in [1.807, 2.05) is 0 Å². The largest absolute Gasteiger partial charge is 0.312 e. The number of unbranched alkanes of at least 4 members (excludes halogenated alkanes) is 20. The predicted molar refractivity (Wildman–Crippen MR) is 156 cm³/mol. The second kappa shape index (κ2) is 31.9. The van der Waals surface area contributed by atoms with Gasteiger partial charge in [-0.1, -0.05) is 162 Å². The number of rotatable bonds is 31. The number of nitrogens with one attached hydrogen (secondary N) is 1. The lowest BCUT2D eigenvalue weighted by atomic mass is 9.99. The second-order valence-electron chi connectivity index (χ2n) is 10.9. The van der Waals surface area contributed by atoms with Gasteiger partial charge in [0.1, 0.15) is 0 Å². The lowest BCUT2D eigenvalue weighted by Gasteiger charge is -2.19. The molecule has 0 aromatic rings. The Morgan fingerprint density at radius 1 is 0.400 bits per heavy atom. The Bertz CT molecular complexity index is 339. The van der Waals surface area contributed by atoms with E-state index in [2.05, 4.69) is 26.1 Å². The molecule has 0 rings (SSSR count). The van der Waals surface area contributed by atoms with E-state index < -0.39 is 0 Å². The van der Waals surface area contributed by atoms with Crippen molar-refractivity contribution in [1.82, 2.24) is 5.32 Å². The summed E-state index contributed by atoms with van der Waals surface area (Å²) in [6, 6.07) is 0.654. The Kier molecular flexibility index (Phi) is 31.8. The molecule has 0 fully saturated rings. The fourth-order valence-electron chi connectivity index (χ4n) is 4.94. The van der Waals surface area contributed by atoms with Crippen molar-refractivity contribution in [2.24, 2.45) is 0 Å². The molecule has 0 amide bonds. The van der Waals surface area contributed by atoms with E-state index in [4.69, 9.17) is 9.78 Å². The van der Waals surface area contributed by atoms with Gasteiger partial charge in [0.2, 0.25) is 0 Å². The second-order valence-corrected chi connectivity index (χ2v) is 10.9. The molecule has 0 atom stereocenters. The van der Waals surface area contributed by atoms with Gasteiger partial charge >= 0.3 is 0 Å². The highest BCUT2D eigenvalue weighted by atomic mass is 17.2. The third-order valence-electron chi connectivity index (χ3n) is 7.35. The van der Waals surface area contributed by atoms with Gasteiger partial charge in [-0.3, -0.25) is 0 Å². The van der Waals surface area contributed by atoms with Crippen molar-refractivity contribution in [3.63, 3.8) is 0 Å². The summed E-state index contributed by atoms with van der Waals surface area (Å²) in [5, 5.41) is 3.78. The molecule has 0 spiro atoms. The molecule has 35 heavy (non-hydrogen) atoms. The van der Waals surface area contributed by atoms with Crippen LogP contribution in [0.25, 0.3) is 0 Å². The molecule has 0 aliphatic carbocycles. The molecule has 1 N–H and O–H groups in total. The molecule has 3 nitrogen and oxygen atoms in total. The number of hydrogen-bond donors (Lipinski definition) is 1. The van der Waals surface area contributed by atoms with Crippen LogP contribution in [0.5, 0.6) is 0 Å². The van der Waals surface area contributed by atoms with Crippen LogP contribution in [-0.4, -0.2) is 25.8 Å². The summed E-state index contributed by atoms with van der Waals surface area (Å²) in [5.74, 6) is 0. The summed E-state index contributed by atoms with van der Waals surface area (Å²) in [5.41, 5.74) is 0. The lowest BCUT2D eigenvalue weighted by molar-refractivity contribution is -0.293. The van der Waals surface area contributed by atoms with Gasteiger partial charge in [-0.05, 0) is 19.3 Å². The van der Waals surface area contributed by atoms with E-state index in [0.717, 1.165) is 19.6 Å². The topological polar surface area (TPSA) is 30.5 Å². The Hall–Kier alpha value is -0.120. The standard InChI is InChI=1S/C32H67NO2/c1-4-7-10-12-14-16-18-20-22-24-27-32(33-29-31-35-34-30-26-9-6-3)28-25-23-21-19-17-15-13-11-8-5-2/h32-33H,4-31H2,1-3H3. The van der Waals surface area contributed by atoms with E-state index in [1.54, 1.807) is 0 Å². The van der Waals surface area contributed by atoms with Gasteiger partial charge in [-0.25, -0.2) is 9.78 Å². The third-order valence-corrected chi connectivity index (χ3v) is 7.35. The van der Waals surface area contributed by atoms with Crippen LogP contribution in [0.3, 0.4) is 0 Å². The van der Waals surface area contributed by atoms with Crippen LogP contribution in [0.15, 0.2) is 0 Å². The van der Waals surface area contributed by atoms with Crippen LogP contribution in [-0.2, 0) is 9.78 Å². The quantitative estimate of drug-likeness (QED) is 0.0586. The van der Waals surface area contributed by atoms with Gasteiger partial charge < -0.3 is 5.32 Å². The molecule has 0 aliphatic rings. The maximum atomic E-state index is 5.38. The van der Waals surface area contributed by atoms with Crippen LogP contribution in [0.2, 0.25) is 0 Å². The highest BCUT2D eigenvalue weighted by molar-refractivity contribution is 4.67. The van der Waals surface area contributed by atoms with Crippen molar-refractivity contribution in [2.75, 3.05) is 19.8 Å². The van der Waals surface area contributed by atoms with E-state index >= 15 is 0 Å². The van der Waals surface area contributed by atoms with E-state index in [0.29, 0.717) is 12.6 Å². The van der Waals surface area contributed by atoms with Crippen molar-refractivity contribution in [3.8, 4) is 0 Å². The third kappa shape index (κ3) is 30.0. The first-order valence-electron chi connectivity index (χ1n) is 16.3. The zero-order valence-corrected chi connectivity index (χ0v) is 24.7. The average molecular weight is 498 g/mol. The average Bonchev–Trinajstić information content (AvgIpc) is 2.87. The van der Waals surface area contributed by atoms with Crippen molar-refractivity contribution < 1.29 is 9.78 Å². The summed E-state index contributed by atoms with van der Waals surface area (Å²) < 4.78 is 0. The molecule has 0 aliphatic heterocycles. The van der Waals surface area contributed by atoms with Crippen LogP contribution in [0, 0.1) is 0 Å². The molecule has 0 radical (unpaired) electrons. The van der Waals surface area contributed by atoms with Gasteiger partial charge in [0.15, 0.2) is 0 Å². The van der Waals surface area contributed by atoms with Crippen LogP contribution < -0.4 is 5.32 Å². The van der Waals surface area contributed by atoms with Crippen LogP contribution >= 0.6 is 0 Å². The maximum Gasteiger partial charge on any atom is 0.0946 e. The number of hydrogen-bond acceptors (Lipinski definition) is 3. The highest BCUT2D eigenvalue weighted by Crippen LogP contribution is 2.16. The highest BCUT2D eigenvalue weighted by Gasteiger charge is 2.08. The maximum absolute atomic E-state index is 5.38. The Labute approximate surface area is 222 Å². The summed E-state index contributed by atoms with van der Waals surface area (Å²) in [7, 11) is 0. The van der Waals surface area contributed by atoms with E-state index in [9.17, 15) is 0 Å². The van der Waals surface area contributed by atoms with Crippen molar-refractivity contribution >= 4 is 0 Å².